The molecule has 1 aromatic heterocycles. The van der Waals surface area contributed by atoms with Crippen molar-refractivity contribution in [3.05, 3.63) is 52.8 Å². The zero-order chi connectivity index (χ0) is 13.1. The average Bonchev–Trinajstić information content (AvgIpc) is 2.75. The molecule has 1 heterocycles. The van der Waals surface area contributed by atoms with Gasteiger partial charge in [0.2, 0.25) is 0 Å². The Hall–Kier alpha value is -1.69. The third-order valence-corrected chi connectivity index (χ3v) is 2.78. The lowest BCUT2D eigenvalue weighted by Crippen LogP contribution is -2.03. The van der Waals surface area contributed by atoms with Gasteiger partial charge < -0.3 is 5.32 Å². The summed E-state index contributed by atoms with van der Waals surface area (Å²) >= 11 is 3.02. The summed E-state index contributed by atoms with van der Waals surface area (Å²) < 4.78 is 28.9. The molecule has 0 saturated carbocycles. The molecule has 94 valence electrons. The van der Waals surface area contributed by atoms with Crippen LogP contribution in [0.4, 0.5) is 14.5 Å². The second-order valence-corrected chi connectivity index (χ2v) is 4.52. The molecule has 0 amide bonds. The summed E-state index contributed by atoms with van der Waals surface area (Å²) in [7, 11) is 0. The van der Waals surface area contributed by atoms with Crippen LogP contribution >= 0.6 is 15.9 Å². The van der Waals surface area contributed by atoms with Crippen molar-refractivity contribution in [2.24, 2.45) is 0 Å². The van der Waals surface area contributed by atoms with Crippen molar-refractivity contribution in [1.82, 2.24) is 9.78 Å². The van der Waals surface area contributed by atoms with Crippen molar-refractivity contribution in [2.75, 3.05) is 5.32 Å². The number of aromatic nitrogens is 2. The molecule has 0 bridgehead atoms. The highest BCUT2D eigenvalue weighted by Crippen LogP contribution is 2.24. The van der Waals surface area contributed by atoms with Gasteiger partial charge in [0.1, 0.15) is 17.3 Å². The minimum Gasteiger partial charge on any atom is -0.376 e. The van der Waals surface area contributed by atoms with Gasteiger partial charge in [-0.15, -0.1) is 0 Å². The number of hydrogen-bond acceptors (Lipinski definition) is 2. The molecule has 1 N–H and O–H groups in total. The first-order chi connectivity index (χ1) is 8.60. The summed E-state index contributed by atoms with van der Waals surface area (Å²) in [5, 5.41) is 6.67. The molecule has 0 radical (unpaired) electrons. The van der Waals surface area contributed by atoms with Crippen LogP contribution in [0, 0.1) is 11.6 Å². The Kier molecular flexibility index (Phi) is 3.76. The van der Waals surface area contributed by atoms with Crippen LogP contribution in [0.25, 0.3) is 6.20 Å². The van der Waals surface area contributed by atoms with E-state index in [0.717, 1.165) is 5.56 Å². The Balaban J connectivity index is 2.12. The zero-order valence-corrected chi connectivity index (χ0v) is 10.9. The van der Waals surface area contributed by atoms with E-state index in [2.05, 4.69) is 32.9 Å². The molecule has 0 fully saturated rings. The fourth-order valence-corrected chi connectivity index (χ4v) is 1.87. The Morgan fingerprint density at radius 3 is 2.61 bits per heavy atom. The van der Waals surface area contributed by atoms with Gasteiger partial charge in [-0.25, -0.2) is 13.5 Å². The van der Waals surface area contributed by atoms with Crippen LogP contribution in [-0.4, -0.2) is 9.78 Å². The normalized spacial score (nSPS) is 10.4. The van der Waals surface area contributed by atoms with E-state index in [0.29, 0.717) is 4.47 Å². The van der Waals surface area contributed by atoms with Gasteiger partial charge in [0, 0.05) is 29.0 Å². The molecule has 0 unspecified atom stereocenters. The highest BCUT2D eigenvalue weighted by Gasteiger charge is 2.10. The summed E-state index contributed by atoms with van der Waals surface area (Å²) in [6.07, 6.45) is 4.85. The fourth-order valence-electron chi connectivity index (χ4n) is 1.47. The molecule has 2 rings (SSSR count). The molecular formula is C12H10BrF2N3. The van der Waals surface area contributed by atoms with Gasteiger partial charge in [0.15, 0.2) is 0 Å². The maximum absolute atomic E-state index is 13.5. The molecule has 0 saturated heterocycles. The largest absolute Gasteiger partial charge is 0.376 e. The number of anilines is 1. The lowest BCUT2D eigenvalue weighted by molar-refractivity contribution is 0.586. The third kappa shape index (κ3) is 2.76. The molecule has 18 heavy (non-hydrogen) atoms. The molecular weight excluding hydrogens is 304 g/mol. The minimum absolute atomic E-state index is 0.149. The van der Waals surface area contributed by atoms with Gasteiger partial charge in [0.25, 0.3) is 0 Å². The average molecular weight is 314 g/mol. The number of rotatable bonds is 4. The second kappa shape index (κ2) is 5.30. The predicted molar refractivity (Wildman–Crippen MR) is 70.0 cm³/mol. The number of hydrogen-bond donors (Lipinski definition) is 1. The zero-order valence-electron chi connectivity index (χ0n) is 9.33. The van der Waals surface area contributed by atoms with Crippen LogP contribution in [0.2, 0.25) is 0 Å². The van der Waals surface area contributed by atoms with E-state index in [9.17, 15) is 8.78 Å². The molecule has 1 aromatic carbocycles. The van der Waals surface area contributed by atoms with E-state index >= 15 is 0 Å². The molecule has 0 atom stereocenters. The maximum Gasteiger partial charge on any atom is 0.150 e. The Morgan fingerprint density at radius 2 is 2.06 bits per heavy atom. The van der Waals surface area contributed by atoms with Crippen molar-refractivity contribution in [3.8, 4) is 0 Å². The van der Waals surface area contributed by atoms with Gasteiger partial charge in [0.05, 0.1) is 6.20 Å². The van der Waals surface area contributed by atoms with Crippen LogP contribution in [0.5, 0.6) is 0 Å². The summed E-state index contributed by atoms with van der Waals surface area (Å²) in [5.74, 6) is -1.28. The van der Waals surface area contributed by atoms with Gasteiger partial charge in [-0.3, -0.25) is 0 Å². The third-order valence-electron chi connectivity index (χ3n) is 2.32. The molecule has 3 nitrogen and oxygen atoms in total. The summed E-state index contributed by atoms with van der Waals surface area (Å²) in [6.45, 7) is 3.84. The van der Waals surface area contributed by atoms with Gasteiger partial charge in [-0.1, -0.05) is 22.5 Å². The summed E-state index contributed by atoms with van der Waals surface area (Å²) in [6, 6.07) is 2.41. The van der Waals surface area contributed by atoms with Crippen molar-refractivity contribution in [1.29, 1.82) is 0 Å². The van der Waals surface area contributed by atoms with E-state index < -0.39 is 11.6 Å². The standard InChI is InChI=1S/C12H10BrF2N3/c1-2-18-7-8(6-17-18)5-16-12-10(14)3-9(13)4-11(12)15/h2-4,6-7,16H,1,5H2. The van der Waals surface area contributed by atoms with Crippen molar-refractivity contribution >= 4 is 27.8 Å². The highest BCUT2D eigenvalue weighted by atomic mass is 79.9. The number of nitrogens with zero attached hydrogens (tertiary/aromatic N) is 2. The molecule has 0 aliphatic carbocycles. The van der Waals surface area contributed by atoms with Crippen molar-refractivity contribution in [3.63, 3.8) is 0 Å². The first kappa shape index (κ1) is 12.8. The van der Waals surface area contributed by atoms with E-state index in [1.165, 1.54) is 23.0 Å². The van der Waals surface area contributed by atoms with Crippen LogP contribution in [0.3, 0.4) is 0 Å². The van der Waals surface area contributed by atoms with E-state index in [1.54, 1.807) is 12.4 Å². The smallest absolute Gasteiger partial charge is 0.150 e. The molecule has 0 aliphatic heterocycles. The number of benzene rings is 1. The van der Waals surface area contributed by atoms with Crippen LogP contribution < -0.4 is 5.32 Å². The monoisotopic (exact) mass is 313 g/mol. The lowest BCUT2D eigenvalue weighted by atomic mass is 10.2. The number of halogens is 3. The van der Waals surface area contributed by atoms with Gasteiger partial charge in [-0.05, 0) is 12.1 Å². The highest BCUT2D eigenvalue weighted by molar-refractivity contribution is 9.10. The minimum atomic E-state index is -0.641. The number of nitrogens with one attached hydrogen (secondary N) is 1. The quantitative estimate of drug-likeness (QED) is 0.934. The molecule has 0 aliphatic rings. The molecule has 6 heteroatoms. The van der Waals surface area contributed by atoms with Crippen LogP contribution in [-0.2, 0) is 6.54 Å². The van der Waals surface area contributed by atoms with Gasteiger partial charge >= 0.3 is 0 Å². The first-order valence-electron chi connectivity index (χ1n) is 5.14. The fraction of sp³-hybridized carbons (Fsp3) is 0.0833. The van der Waals surface area contributed by atoms with Crippen molar-refractivity contribution < 1.29 is 8.78 Å². The summed E-state index contributed by atoms with van der Waals surface area (Å²) in [4.78, 5) is 0. The summed E-state index contributed by atoms with van der Waals surface area (Å²) in [5.41, 5.74) is 0.654. The predicted octanol–water partition coefficient (Wildman–Crippen LogP) is 3.64. The second-order valence-electron chi connectivity index (χ2n) is 3.61. The Bertz CT molecular complexity index is 557. The molecule has 0 spiro atoms. The van der Waals surface area contributed by atoms with Crippen LogP contribution in [0.1, 0.15) is 5.56 Å². The Morgan fingerprint density at radius 1 is 1.39 bits per heavy atom. The first-order valence-corrected chi connectivity index (χ1v) is 5.93. The van der Waals surface area contributed by atoms with E-state index in [4.69, 9.17) is 0 Å². The topological polar surface area (TPSA) is 29.9 Å². The SMILES string of the molecule is C=Cn1cc(CNc2c(F)cc(Br)cc2F)cn1. The van der Waals surface area contributed by atoms with Gasteiger partial charge in [-0.2, -0.15) is 5.10 Å². The van der Waals surface area contributed by atoms with Crippen LogP contribution in [0.15, 0.2) is 35.6 Å². The van der Waals surface area contributed by atoms with E-state index in [1.807, 2.05) is 0 Å². The maximum atomic E-state index is 13.5. The molecule has 2 aromatic rings. The van der Waals surface area contributed by atoms with E-state index in [-0.39, 0.29) is 12.2 Å². The lowest BCUT2D eigenvalue weighted by Gasteiger charge is -2.07. The Labute approximate surface area is 111 Å². The van der Waals surface area contributed by atoms with Crippen molar-refractivity contribution in [2.45, 2.75) is 6.54 Å².